The van der Waals surface area contributed by atoms with Crippen LogP contribution in [0.1, 0.15) is 5.76 Å². The summed E-state index contributed by atoms with van der Waals surface area (Å²) in [5.41, 5.74) is 0.797. The van der Waals surface area contributed by atoms with Gasteiger partial charge in [0.1, 0.15) is 5.76 Å². The van der Waals surface area contributed by atoms with E-state index in [0.717, 1.165) is 11.8 Å². The van der Waals surface area contributed by atoms with Gasteiger partial charge in [0.15, 0.2) is 5.16 Å². The number of hydrogen-bond donors (Lipinski definition) is 1. The van der Waals surface area contributed by atoms with E-state index in [9.17, 15) is 9.59 Å². The predicted molar refractivity (Wildman–Crippen MR) is 120 cm³/mol. The summed E-state index contributed by atoms with van der Waals surface area (Å²) in [6, 6.07) is 15.5. The van der Waals surface area contributed by atoms with Crippen molar-refractivity contribution in [2.24, 2.45) is 0 Å². The fourth-order valence-electron chi connectivity index (χ4n) is 2.87. The molecule has 4 aromatic rings. The van der Waals surface area contributed by atoms with Gasteiger partial charge in [-0.3, -0.25) is 14.2 Å². The van der Waals surface area contributed by atoms with Crippen molar-refractivity contribution in [1.82, 2.24) is 9.55 Å². The zero-order valence-corrected chi connectivity index (χ0v) is 17.8. The molecule has 1 N–H and O–H groups in total. The van der Waals surface area contributed by atoms with E-state index in [-0.39, 0.29) is 23.8 Å². The van der Waals surface area contributed by atoms with Gasteiger partial charge in [0.2, 0.25) is 5.91 Å². The van der Waals surface area contributed by atoms with Gasteiger partial charge in [-0.25, -0.2) is 4.98 Å². The molecular weight excluding hydrogens is 445 g/mol. The van der Waals surface area contributed by atoms with Crippen LogP contribution >= 0.6 is 35.0 Å². The van der Waals surface area contributed by atoms with E-state index in [4.69, 9.17) is 27.6 Å². The normalized spacial score (nSPS) is 11.0. The Balaban J connectivity index is 1.60. The topological polar surface area (TPSA) is 77.1 Å². The summed E-state index contributed by atoms with van der Waals surface area (Å²) in [6.07, 6.45) is 1.55. The molecule has 9 heteroatoms. The van der Waals surface area contributed by atoms with Crippen LogP contribution in [0.2, 0.25) is 10.0 Å². The van der Waals surface area contributed by atoms with Crippen LogP contribution in [0.15, 0.2) is 75.2 Å². The lowest BCUT2D eigenvalue weighted by Crippen LogP contribution is -2.24. The number of carbonyl (C=O) groups excluding carboxylic acids is 1. The molecule has 0 spiro atoms. The fraction of sp³-hybridized carbons (Fsp3) is 0.0952. The number of nitrogens with zero attached hydrogens (tertiary/aromatic N) is 2. The molecule has 2 aromatic heterocycles. The number of hydrogen-bond acceptors (Lipinski definition) is 5. The number of benzene rings is 2. The standard InChI is InChI=1S/C21H15Cl2N3O3S/c22-13-7-8-16(23)18(10-13)24-19(27)12-30-21-25-17-6-2-1-5-15(17)20(28)26(21)11-14-4-3-9-29-14/h1-10H,11-12H2,(H,24,27). The summed E-state index contributed by atoms with van der Waals surface area (Å²) in [7, 11) is 0. The summed E-state index contributed by atoms with van der Waals surface area (Å²) in [5.74, 6) is 0.355. The predicted octanol–water partition coefficient (Wildman–Crippen LogP) is 5.08. The first-order valence-electron chi connectivity index (χ1n) is 8.91. The van der Waals surface area contributed by atoms with Crippen molar-refractivity contribution in [3.63, 3.8) is 0 Å². The number of anilines is 1. The summed E-state index contributed by atoms with van der Waals surface area (Å²) in [4.78, 5) is 30.1. The molecule has 2 aromatic carbocycles. The van der Waals surface area contributed by atoms with Gasteiger partial charge in [-0.2, -0.15) is 0 Å². The molecule has 0 aliphatic heterocycles. The minimum absolute atomic E-state index is 0.0335. The number of rotatable bonds is 6. The van der Waals surface area contributed by atoms with E-state index in [1.807, 2.05) is 6.07 Å². The third-order valence-corrected chi connectivity index (χ3v) is 5.80. The number of nitrogens with one attached hydrogen (secondary N) is 1. The molecule has 0 radical (unpaired) electrons. The van der Waals surface area contributed by atoms with Gasteiger partial charge in [-0.15, -0.1) is 0 Å². The van der Waals surface area contributed by atoms with Crippen LogP contribution in [0.5, 0.6) is 0 Å². The highest BCUT2D eigenvalue weighted by atomic mass is 35.5. The molecular formula is C21H15Cl2N3O3S. The van der Waals surface area contributed by atoms with E-state index < -0.39 is 0 Å². The first kappa shape index (κ1) is 20.5. The van der Waals surface area contributed by atoms with Crippen LogP contribution in [0.4, 0.5) is 5.69 Å². The minimum atomic E-state index is -0.295. The maximum atomic E-state index is 13.0. The molecule has 0 atom stereocenters. The Morgan fingerprint density at radius 3 is 2.77 bits per heavy atom. The molecule has 2 heterocycles. The van der Waals surface area contributed by atoms with Crippen LogP contribution in [0.3, 0.4) is 0 Å². The van der Waals surface area contributed by atoms with Gasteiger partial charge in [-0.1, -0.05) is 47.1 Å². The second-order valence-corrected chi connectivity index (χ2v) is 8.13. The highest BCUT2D eigenvalue weighted by molar-refractivity contribution is 7.99. The summed E-state index contributed by atoms with van der Waals surface area (Å²) in [6.45, 7) is 0.216. The number of fused-ring (bicyclic) bond motifs is 1. The van der Waals surface area contributed by atoms with Crippen molar-refractivity contribution in [2.45, 2.75) is 11.7 Å². The largest absolute Gasteiger partial charge is 0.467 e. The first-order valence-corrected chi connectivity index (χ1v) is 10.6. The second-order valence-electron chi connectivity index (χ2n) is 6.34. The molecule has 6 nitrogen and oxygen atoms in total. The number of aromatic nitrogens is 2. The molecule has 4 rings (SSSR count). The van der Waals surface area contributed by atoms with Gasteiger partial charge in [0, 0.05) is 5.02 Å². The molecule has 1 amide bonds. The van der Waals surface area contributed by atoms with Gasteiger partial charge in [0.05, 0.1) is 40.2 Å². The molecule has 152 valence electrons. The van der Waals surface area contributed by atoms with Crippen molar-refractivity contribution in [2.75, 3.05) is 11.1 Å². The second kappa shape index (κ2) is 8.95. The maximum absolute atomic E-state index is 13.0. The average molecular weight is 460 g/mol. The number of halogens is 2. The minimum Gasteiger partial charge on any atom is -0.467 e. The van der Waals surface area contributed by atoms with Crippen molar-refractivity contribution < 1.29 is 9.21 Å². The zero-order chi connectivity index (χ0) is 21.1. The lowest BCUT2D eigenvalue weighted by molar-refractivity contribution is -0.113. The van der Waals surface area contributed by atoms with Gasteiger partial charge in [0.25, 0.3) is 5.56 Å². The first-order chi connectivity index (χ1) is 14.5. The van der Waals surface area contributed by atoms with E-state index in [0.29, 0.717) is 37.6 Å². The van der Waals surface area contributed by atoms with Crippen LogP contribution in [0, 0.1) is 0 Å². The Morgan fingerprint density at radius 1 is 1.13 bits per heavy atom. The van der Waals surface area contributed by atoms with Gasteiger partial charge < -0.3 is 9.73 Å². The molecule has 30 heavy (non-hydrogen) atoms. The van der Waals surface area contributed by atoms with Crippen molar-refractivity contribution >= 4 is 57.5 Å². The molecule has 0 aliphatic carbocycles. The lowest BCUT2D eigenvalue weighted by atomic mass is 10.2. The van der Waals surface area contributed by atoms with Gasteiger partial charge in [-0.05, 0) is 42.5 Å². The van der Waals surface area contributed by atoms with Gasteiger partial charge >= 0.3 is 0 Å². The number of carbonyl (C=O) groups is 1. The Hall–Kier alpha value is -2.74. The van der Waals surface area contributed by atoms with E-state index in [2.05, 4.69) is 10.3 Å². The Morgan fingerprint density at radius 2 is 1.97 bits per heavy atom. The smallest absolute Gasteiger partial charge is 0.262 e. The molecule has 0 unspecified atom stereocenters. The monoisotopic (exact) mass is 459 g/mol. The summed E-state index contributed by atoms with van der Waals surface area (Å²) in [5, 5.41) is 4.50. The number of amides is 1. The number of para-hydroxylation sites is 1. The van der Waals surface area contributed by atoms with E-state index >= 15 is 0 Å². The molecule has 0 saturated carbocycles. The lowest BCUT2D eigenvalue weighted by Gasteiger charge is -2.12. The number of furan rings is 1. The van der Waals surface area contributed by atoms with E-state index in [1.165, 1.54) is 4.57 Å². The van der Waals surface area contributed by atoms with Crippen molar-refractivity contribution in [3.05, 3.63) is 87.0 Å². The van der Waals surface area contributed by atoms with Crippen LogP contribution in [-0.4, -0.2) is 21.2 Å². The Bertz CT molecular complexity index is 1270. The molecule has 0 fully saturated rings. The zero-order valence-electron chi connectivity index (χ0n) is 15.5. The van der Waals surface area contributed by atoms with Crippen molar-refractivity contribution in [3.8, 4) is 0 Å². The number of thioether (sulfide) groups is 1. The van der Waals surface area contributed by atoms with Crippen molar-refractivity contribution in [1.29, 1.82) is 0 Å². The Labute approximate surface area is 185 Å². The maximum Gasteiger partial charge on any atom is 0.262 e. The average Bonchev–Trinajstić information content (AvgIpc) is 3.25. The molecule has 0 saturated heterocycles. The van der Waals surface area contributed by atoms with Crippen LogP contribution in [0.25, 0.3) is 10.9 Å². The highest BCUT2D eigenvalue weighted by Crippen LogP contribution is 2.26. The molecule has 0 bridgehead atoms. The quantitative estimate of drug-likeness (QED) is 0.321. The SMILES string of the molecule is O=C(CSc1nc2ccccc2c(=O)n1Cc1ccco1)Nc1cc(Cl)ccc1Cl. The fourth-order valence-corrected chi connectivity index (χ4v) is 4.00. The third kappa shape index (κ3) is 4.53. The van der Waals surface area contributed by atoms with Crippen LogP contribution < -0.4 is 10.9 Å². The third-order valence-electron chi connectivity index (χ3n) is 4.26. The Kier molecular flexibility index (Phi) is 6.13. The summed E-state index contributed by atoms with van der Waals surface area (Å²) >= 11 is 13.2. The highest BCUT2D eigenvalue weighted by Gasteiger charge is 2.15. The summed E-state index contributed by atoms with van der Waals surface area (Å²) < 4.78 is 6.89. The van der Waals surface area contributed by atoms with E-state index in [1.54, 1.807) is 54.8 Å². The van der Waals surface area contributed by atoms with Crippen LogP contribution in [-0.2, 0) is 11.3 Å². The molecule has 0 aliphatic rings.